The van der Waals surface area contributed by atoms with Gasteiger partial charge in [-0.2, -0.15) is 0 Å². The number of benzene rings is 1. The van der Waals surface area contributed by atoms with Crippen molar-refractivity contribution in [3.8, 4) is 5.75 Å². The molecule has 0 bridgehead atoms. The summed E-state index contributed by atoms with van der Waals surface area (Å²) < 4.78 is 7.32. The third-order valence-corrected chi connectivity index (χ3v) is 4.70. The minimum absolute atomic E-state index is 0.578. The molecule has 1 saturated heterocycles. The summed E-state index contributed by atoms with van der Waals surface area (Å²) >= 11 is 0. The third kappa shape index (κ3) is 2.91. The molecule has 1 aliphatic rings. The smallest absolute Gasteiger partial charge is 0.119 e. The van der Waals surface area contributed by atoms with Crippen molar-refractivity contribution < 1.29 is 4.74 Å². The van der Waals surface area contributed by atoms with E-state index in [1.165, 1.54) is 18.5 Å². The van der Waals surface area contributed by atoms with E-state index in [1.807, 2.05) is 29.2 Å². The first-order chi connectivity index (χ1) is 11.8. The number of methoxy groups -OCH3 is 1. The molecule has 0 spiro atoms. The van der Waals surface area contributed by atoms with Crippen molar-refractivity contribution in [1.29, 1.82) is 0 Å². The molecule has 4 rings (SSSR count). The SMILES string of the molecule is COc1ccc2nccc(N3CCCC(Cn4ccnn4)C3)c2c1. The minimum Gasteiger partial charge on any atom is -0.497 e. The summed E-state index contributed by atoms with van der Waals surface area (Å²) in [5.74, 6) is 1.45. The summed E-state index contributed by atoms with van der Waals surface area (Å²) in [6, 6.07) is 8.18. The number of anilines is 1. The summed E-state index contributed by atoms with van der Waals surface area (Å²) in [6.45, 7) is 3.02. The fraction of sp³-hybridized carbons (Fsp3) is 0.389. The van der Waals surface area contributed by atoms with Crippen LogP contribution in [0.3, 0.4) is 0 Å². The van der Waals surface area contributed by atoms with E-state index >= 15 is 0 Å². The number of aromatic nitrogens is 4. The highest BCUT2D eigenvalue weighted by Gasteiger charge is 2.22. The molecule has 24 heavy (non-hydrogen) atoms. The molecule has 0 amide bonds. The second-order valence-corrected chi connectivity index (χ2v) is 6.29. The van der Waals surface area contributed by atoms with E-state index in [-0.39, 0.29) is 0 Å². The van der Waals surface area contributed by atoms with Crippen LogP contribution < -0.4 is 9.64 Å². The van der Waals surface area contributed by atoms with Gasteiger partial charge in [0.05, 0.1) is 18.8 Å². The zero-order chi connectivity index (χ0) is 16.4. The quantitative estimate of drug-likeness (QED) is 0.739. The number of pyridine rings is 1. The fourth-order valence-corrected chi connectivity index (χ4v) is 3.54. The van der Waals surface area contributed by atoms with Gasteiger partial charge >= 0.3 is 0 Å². The minimum atomic E-state index is 0.578. The van der Waals surface area contributed by atoms with E-state index in [4.69, 9.17) is 4.74 Å². The molecule has 1 fully saturated rings. The first kappa shape index (κ1) is 14.9. The molecule has 1 aliphatic heterocycles. The lowest BCUT2D eigenvalue weighted by atomic mass is 9.97. The van der Waals surface area contributed by atoms with Gasteiger partial charge < -0.3 is 9.64 Å². The highest BCUT2D eigenvalue weighted by Crippen LogP contribution is 2.31. The summed E-state index contributed by atoms with van der Waals surface area (Å²) in [5, 5.41) is 9.16. The highest BCUT2D eigenvalue weighted by molar-refractivity contribution is 5.92. The number of hydrogen-bond acceptors (Lipinski definition) is 5. The Balaban J connectivity index is 1.61. The van der Waals surface area contributed by atoms with Crippen molar-refractivity contribution in [2.24, 2.45) is 5.92 Å². The topological polar surface area (TPSA) is 56.1 Å². The van der Waals surface area contributed by atoms with Crippen molar-refractivity contribution in [2.45, 2.75) is 19.4 Å². The van der Waals surface area contributed by atoms with Crippen LogP contribution >= 0.6 is 0 Å². The van der Waals surface area contributed by atoms with Crippen molar-refractivity contribution in [1.82, 2.24) is 20.0 Å². The molecule has 1 aromatic carbocycles. The molecule has 0 radical (unpaired) electrons. The van der Waals surface area contributed by atoms with E-state index in [1.54, 1.807) is 13.3 Å². The number of hydrogen-bond donors (Lipinski definition) is 0. The van der Waals surface area contributed by atoms with E-state index in [0.717, 1.165) is 36.3 Å². The number of ether oxygens (including phenoxy) is 1. The molecule has 1 atom stereocenters. The zero-order valence-corrected chi connectivity index (χ0v) is 13.8. The van der Waals surface area contributed by atoms with Gasteiger partial charge in [0, 0.05) is 43.1 Å². The molecular weight excluding hydrogens is 302 g/mol. The van der Waals surface area contributed by atoms with Crippen LogP contribution in [-0.2, 0) is 6.54 Å². The molecular formula is C18H21N5O. The van der Waals surface area contributed by atoms with Crippen molar-refractivity contribution in [2.75, 3.05) is 25.1 Å². The lowest BCUT2D eigenvalue weighted by Crippen LogP contribution is -2.37. The number of nitrogens with zero attached hydrogens (tertiary/aromatic N) is 5. The van der Waals surface area contributed by atoms with E-state index in [9.17, 15) is 0 Å². The standard InChI is InChI=1S/C18H21N5O/c1-24-15-4-5-17-16(11-15)18(6-7-19-17)22-9-2-3-14(12-22)13-23-10-8-20-21-23/h4-8,10-11,14H,2-3,9,12-13H2,1H3. The average molecular weight is 323 g/mol. The second-order valence-electron chi connectivity index (χ2n) is 6.29. The van der Waals surface area contributed by atoms with Crippen LogP contribution in [0.15, 0.2) is 42.9 Å². The number of piperidine rings is 1. The Hall–Kier alpha value is -2.63. The summed E-state index contributed by atoms with van der Waals surface area (Å²) in [4.78, 5) is 6.95. The Bertz CT molecular complexity index is 817. The first-order valence-electron chi connectivity index (χ1n) is 8.35. The zero-order valence-electron chi connectivity index (χ0n) is 13.8. The van der Waals surface area contributed by atoms with Crippen LogP contribution in [0.4, 0.5) is 5.69 Å². The van der Waals surface area contributed by atoms with Crippen molar-refractivity contribution in [3.05, 3.63) is 42.9 Å². The second kappa shape index (κ2) is 6.47. The van der Waals surface area contributed by atoms with Gasteiger partial charge in [-0.3, -0.25) is 9.67 Å². The number of rotatable bonds is 4. The lowest BCUT2D eigenvalue weighted by Gasteiger charge is -2.35. The van der Waals surface area contributed by atoms with Crippen LogP contribution in [-0.4, -0.2) is 40.2 Å². The van der Waals surface area contributed by atoms with Gasteiger partial charge in [-0.25, -0.2) is 0 Å². The molecule has 3 heterocycles. The van der Waals surface area contributed by atoms with Crippen LogP contribution in [0, 0.1) is 5.92 Å². The molecule has 1 unspecified atom stereocenters. The summed E-state index contributed by atoms with van der Waals surface area (Å²) in [5.41, 5.74) is 2.24. The largest absolute Gasteiger partial charge is 0.497 e. The Kier molecular flexibility index (Phi) is 4.02. The van der Waals surface area contributed by atoms with Gasteiger partial charge in [-0.15, -0.1) is 5.10 Å². The van der Waals surface area contributed by atoms with E-state index in [0.29, 0.717) is 5.92 Å². The molecule has 2 aromatic heterocycles. The maximum atomic E-state index is 5.39. The van der Waals surface area contributed by atoms with Crippen LogP contribution in [0.1, 0.15) is 12.8 Å². The Morgan fingerprint density at radius 2 is 2.21 bits per heavy atom. The molecule has 6 heteroatoms. The van der Waals surface area contributed by atoms with Crippen molar-refractivity contribution in [3.63, 3.8) is 0 Å². The van der Waals surface area contributed by atoms with E-state index in [2.05, 4.69) is 32.3 Å². The first-order valence-corrected chi connectivity index (χ1v) is 8.35. The van der Waals surface area contributed by atoms with Gasteiger partial charge in [-0.1, -0.05) is 5.21 Å². The highest BCUT2D eigenvalue weighted by atomic mass is 16.5. The summed E-state index contributed by atoms with van der Waals surface area (Å²) in [6.07, 6.45) is 7.98. The van der Waals surface area contributed by atoms with E-state index < -0.39 is 0 Å². The third-order valence-electron chi connectivity index (χ3n) is 4.70. The molecule has 124 valence electrons. The van der Waals surface area contributed by atoms with Gasteiger partial charge in [0.1, 0.15) is 5.75 Å². The lowest BCUT2D eigenvalue weighted by molar-refractivity contribution is 0.348. The molecule has 0 N–H and O–H groups in total. The molecule has 3 aromatic rings. The predicted octanol–water partition coefficient (Wildman–Crippen LogP) is 2.75. The predicted molar refractivity (Wildman–Crippen MR) is 93.3 cm³/mol. The van der Waals surface area contributed by atoms with Gasteiger partial charge in [-0.05, 0) is 43.0 Å². The van der Waals surface area contributed by atoms with Gasteiger partial charge in [0.15, 0.2) is 0 Å². The maximum absolute atomic E-state index is 5.39. The molecule has 6 nitrogen and oxygen atoms in total. The molecule has 0 saturated carbocycles. The van der Waals surface area contributed by atoms with Gasteiger partial charge in [0.2, 0.25) is 0 Å². The van der Waals surface area contributed by atoms with Gasteiger partial charge in [0.25, 0.3) is 0 Å². The number of fused-ring (bicyclic) bond motifs is 1. The maximum Gasteiger partial charge on any atom is 0.119 e. The fourth-order valence-electron chi connectivity index (χ4n) is 3.54. The monoisotopic (exact) mass is 323 g/mol. The Labute approximate surface area is 141 Å². The molecule has 0 aliphatic carbocycles. The van der Waals surface area contributed by atoms with Crippen LogP contribution in [0.25, 0.3) is 10.9 Å². The summed E-state index contributed by atoms with van der Waals surface area (Å²) in [7, 11) is 1.70. The normalized spacial score (nSPS) is 18.0. The Morgan fingerprint density at radius 3 is 3.04 bits per heavy atom. The van der Waals surface area contributed by atoms with Crippen molar-refractivity contribution >= 4 is 16.6 Å². The average Bonchev–Trinajstić information content (AvgIpc) is 3.14. The van der Waals surface area contributed by atoms with Crippen LogP contribution in [0.5, 0.6) is 5.75 Å². The Morgan fingerprint density at radius 1 is 1.25 bits per heavy atom. The van der Waals surface area contributed by atoms with Crippen LogP contribution in [0.2, 0.25) is 0 Å².